The van der Waals surface area contributed by atoms with Crippen molar-refractivity contribution < 1.29 is 28.4 Å². The molecule has 0 bridgehead atoms. The zero-order valence-corrected chi connectivity index (χ0v) is 27.3. The van der Waals surface area contributed by atoms with Gasteiger partial charge in [-0.15, -0.1) is 0 Å². The second-order valence-electron chi connectivity index (χ2n) is 11.8. The molecule has 0 aliphatic heterocycles. The number of hydrogen-bond acceptors (Lipinski definition) is 9. The van der Waals surface area contributed by atoms with Crippen LogP contribution >= 0.6 is 0 Å². The Bertz CT molecular complexity index is 1390. The van der Waals surface area contributed by atoms with Crippen molar-refractivity contribution in [1.29, 1.82) is 0 Å². The number of unbranched alkanes of at least 4 members (excludes halogenated alkanes) is 3. The van der Waals surface area contributed by atoms with E-state index in [0.717, 1.165) is 23.8 Å². The lowest BCUT2D eigenvalue weighted by Crippen LogP contribution is -2.51. The topological polar surface area (TPSA) is 214 Å². The number of hydrogen-bond donors (Lipinski definition) is 7. The SMILES string of the molecule is CC(=O)NCCCC[C@H](NC(=O)CNC(=O)[C@@H](CC(C)C)NC(=O)CCCCCNN)C(=O)Nc1ccc2c(C)cc(=O)oc2c1. The summed E-state index contributed by atoms with van der Waals surface area (Å²) in [4.78, 5) is 74.7. The molecule has 0 spiro atoms. The molecule has 0 saturated carbocycles. The van der Waals surface area contributed by atoms with E-state index in [1.807, 2.05) is 13.8 Å². The van der Waals surface area contributed by atoms with Gasteiger partial charge in [-0.1, -0.05) is 20.3 Å². The Hall–Kier alpha value is -4.30. The van der Waals surface area contributed by atoms with E-state index in [1.165, 1.54) is 19.1 Å². The number of aryl methyl sites for hydroxylation is 1. The second-order valence-corrected chi connectivity index (χ2v) is 11.8. The predicted octanol–water partition coefficient (Wildman–Crippen LogP) is 1.50. The van der Waals surface area contributed by atoms with Crippen molar-refractivity contribution >= 4 is 46.2 Å². The van der Waals surface area contributed by atoms with Crippen molar-refractivity contribution in [2.45, 2.75) is 91.1 Å². The molecule has 8 N–H and O–H groups in total. The first kappa shape index (κ1) is 37.9. The average Bonchev–Trinajstić information content (AvgIpc) is 2.98. The molecule has 2 aromatic rings. The number of benzene rings is 1. The van der Waals surface area contributed by atoms with Crippen LogP contribution in [0.4, 0.5) is 5.69 Å². The summed E-state index contributed by atoms with van der Waals surface area (Å²) < 4.78 is 5.27. The van der Waals surface area contributed by atoms with Crippen LogP contribution in [0.3, 0.4) is 0 Å². The van der Waals surface area contributed by atoms with Crippen LogP contribution in [0.15, 0.2) is 33.5 Å². The maximum atomic E-state index is 13.3. The minimum atomic E-state index is -0.956. The highest BCUT2D eigenvalue weighted by Gasteiger charge is 2.24. The van der Waals surface area contributed by atoms with E-state index in [1.54, 1.807) is 19.1 Å². The number of rotatable bonds is 20. The fraction of sp³-hybridized carbons (Fsp3) is 0.562. The van der Waals surface area contributed by atoms with Crippen LogP contribution in [0.5, 0.6) is 0 Å². The third kappa shape index (κ3) is 14.2. The van der Waals surface area contributed by atoms with Crippen molar-refractivity contribution in [3.05, 3.63) is 40.2 Å². The number of carbonyl (C=O) groups is 5. The smallest absolute Gasteiger partial charge is 0.336 e. The van der Waals surface area contributed by atoms with E-state index in [0.29, 0.717) is 50.0 Å². The van der Waals surface area contributed by atoms with Gasteiger partial charge in [0.1, 0.15) is 17.7 Å². The molecule has 2 rings (SSSR count). The minimum absolute atomic E-state index is 0.109. The molecule has 5 amide bonds. The van der Waals surface area contributed by atoms with Crippen LogP contribution in [0, 0.1) is 12.8 Å². The van der Waals surface area contributed by atoms with Gasteiger partial charge in [-0.2, -0.15) is 0 Å². The third-order valence-electron chi connectivity index (χ3n) is 7.17. The normalized spacial score (nSPS) is 12.3. The number of hydrazine groups is 1. The Labute approximate surface area is 269 Å². The highest BCUT2D eigenvalue weighted by atomic mass is 16.4. The summed E-state index contributed by atoms with van der Waals surface area (Å²) in [5, 5.41) is 14.2. The minimum Gasteiger partial charge on any atom is -0.423 e. The fourth-order valence-corrected chi connectivity index (χ4v) is 4.83. The Morgan fingerprint density at radius 3 is 2.26 bits per heavy atom. The molecule has 0 fully saturated rings. The molecule has 1 aromatic heterocycles. The first-order valence-electron chi connectivity index (χ1n) is 15.8. The highest BCUT2D eigenvalue weighted by Crippen LogP contribution is 2.21. The molecule has 0 saturated heterocycles. The van der Waals surface area contributed by atoms with E-state index >= 15 is 0 Å². The molecule has 0 unspecified atom stereocenters. The van der Waals surface area contributed by atoms with Crippen molar-refractivity contribution in [3.8, 4) is 0 Å². The zero-order chi connectivity index (χ0) is 34.1. The number of anilines is 1. The summed E-state index contributed by atoms with van der Waals surface area (Å²) in [5.41, 5.74) is 3.49. The van der Waals surface area contributed by atoms with Crippen LogP contribution in [0.25, 0.3) is 11.0 Å². The molecule has 0 aliphatic carbocycles. The van der Waals surface area contributed by atoms with Gasteiger partial charge in [0.05, 0.1) is 6.54 Å². The van der Waals surface area contributed by atoms with Gasteiger partial charge in [0.2, 0.25) is 29.5 Å². The summed E-state index contributed by atoms with van der Waals surface area (Å²) in [6, 6.07) is 4.56. The Morgan fingerprint density at radius 2 is 1.57 bits per heavy atom. The largest absolute Gasteiger partial charge is 0.423 e. The van der Waals surface area contributed by atoms with Crippen molar-refractivity contribution in [2.75, 3.05) is 25.0 Å². The van der Waals surface area contributed by atoms with Crippen molar-refractivity contribution in [1.82, 2.24) is 26.7 Å². The molecule has 254 valence electrons. The average molecular weight is 644 g/mol. The predicted molar refractivity (Wildman–Crippen MR) is 175 cm³/mol. The van der Waals surface area contributed by atoms with E-state index in [-0.39, 0.29) is 30.6 Å². The van der Waals surface area contributed by atoms with E-state index in [2.05, 4.69) is 32.0 Å². The van der Waals surface area contributed by atoms with Crippen LogP contribution in [0.1, 0.15) is 77.7 Å². The summed E-state index contributed by atoms with van der Waals surface area (Å²) in [7, 11) is 0. The standard InChI is InChI=1S/C32H49N7O7/c1-20(2)16-26(39-28(41)11-6-5-8-15-36-33)31(44)35-19-29(42)38-25(10-7-9-14-34-22(4)40)32(45)37-23-12-13-24-21(3)17-30(43)46-27(24)18-23/h12-13,17-18,20,25-26,36H,5-11,14-16,19,33H2,1-4H3,(H,34,40)(H,35,44)(H,37,45)(H,38,42)(H,39,41)/t25-,26+/m0/s1. The Balaban J connectivity index is 2.03. The summed E-state index contributed by atoms with van der Waals surface area (Å²) in [6.45, 7) is 7.74. The maximum absolute atomic E-state index is 13.3. The lowest BCUT2D eigenvalue weighted by Gasteiger charge is -2.21. The van der Waals surface area contributed by atoms with E-state index < -0.39 is 42.0 Å². The Kier molecular flexibility index (Phi) is 16.4. The van der Waals surface area contributed by atoms with Gasteiger partial charge < -0.3 is 31.0 Å². The number of nitrogens with one attached hydrogen (secondary N) is 6. The monoisotopic (exact) mass is 643 g/mol. The first-order valence-corrected chi connectivity index (χ1v) is 15.8. The van der Waals surface area contributed by atoms with Gasteiger partial charge in [-0.25, -0.2) is 4.79 Å². The van der Waals surface area contributed by atoms with Gasteiger partial charge >= 0.3 is 5.63 Å². The highest BCUT2D eigenvalue weighted by molar-refractivity contribution is 5.99. The zero-order valence-electron chi connectivity index (χ0n) is 27.3. The van der Waals surface area contributed by atoms with Crippen molar-refractivity contribution in [2.24, 2.45) is 11.8 Å². The van der Waals surface area contributed by atoms with Gasteiger partial charge in [-0.3, -0.25) is 35.2 Å². The molecule has 1 aromatic carbocycles. The van der Waals surface area contributed by atoms with Crippen LogP contribution < -0.4 is 43.5 Å². The number of fused-ring (bicyclic) bond motifs is 1. The third-order valence-corrected chi connectivity index (χ3v) is 7.17. The Morgan fingerprint density at radius 1 is 0.848 bits per heavy atom. The second kappa shape index (κ2) is 20.0. The van der Waals surface area contributed by atoms with Gasteiger partial charge in [-0.05, 0) is 69.1 Å². The first-order chi connectivity index (χ1) is 21.9. The van der Waals surface area contributed by atoms with Crippen LogP contribution in [-0.4, -0.2) is 61.3 Å². The molecular weight excluding hydrogens is 594 g/mol. The summed E-state index contributed by atoms with van der Waals surface area (Å²) >= 11 is 0. The summed E-state index contributed by atoms with van der Waals surface area (Å²) in [5.74, 6) is 3.38. The van der Waals surface area contributed by atoms with E-state index in [4.69, 9.17) is 10.3 Å². The number of carbonyl (C=O) groups excluding carboxylic acids is 5. The number of amides is 5. The lowest BCUT2D eigenvalue weighted by atomic mass is 10.0. The maximum Gasteiger partial charge on any atom is 0.336 e. The molecular formula is C32H49N7O7. The molecule has 14 heteroatoms. The van der Waals surface area contributed by atoms with Crippen molar-refractivity contribution in [3.63, 3.8) is 0 Å². The van der Waals surface area contributed by atoms with Crippen LogP contribution in [0.2, 0.25) is 0 Å². The fourth-order valence-electron chi connectivity index (χ4n) is 4.83. The van der Waals surface area contributed by atoms with E-state index in [9.17, 15) is 28.8 Å². The molecule has 0 radical (unpaired) electrons. The molecule has 2 atom stereocenters. The van der Waals surface area contributed by atoms with Crippen LogP contribution in [-0.2, 0) is 24.0 Å². The van der Waals surface area contributed by atoms with Gasteiger partial charge in [0, 0.05) is 49.6 Å². The van der Waals surface area contributed by atoms with Gasteiger partial charge in [0.15, 0.2) is 0 Å². The summed E-state index contributed by atoms with van der Waals surface area (Å²) in [6.07, 6.45) is 4.34. The molecule has 1 heterocycles. The lowest BCUT2D eigenvalue weighted by molar-refractivity contribution is -0.131. The quantitative estimate of drug-likeness (QED) is 0.0481. The molecule has 14 nitrogen and oxygen atoms in total. The molecule has 46 heavy (non-hydrogen) atoms. The molecule has 0 aliphatic rings. The van der Waals surface area contributed by atoms with Gasteiger partial charge in [0.25, 0.3) is 0 Å². The number of nitrogens with two attached hydrogens (primary N) is 1.